The number of anilines is 3. The second kappa shape index (κ2) is 5.70. The summed E-state index contributed by atoms with van der Waals surface area (Å²) in [5.74, 6) is 0.534. The summed E-state index contributed by atoms with van der Waals surface area (Å²) in [5, 5.41) is 11.8. The number of carbonyl (C=O) groups is 1. The standard InChI is InChI=1S/C18H18N6O/c1-9-13(7-21-8-15(9)20)11-4-12-6-16(22-18(25)10-2-3-10)23-24-17(12)14(19)5-11/h4-8,10H,2-3,19-20H2,1H3,(H,22,23,25). The zero-order chi connectivity index (χ0) is 17.6. The van der Waals surface area contributed by atoms with E-state index >= 15 is 0 Å². The molecule has 5 N–H and O–H groups in total. The van der Waals surface area contributed by atoms with Gasteiger partial charge in [-0.05, 0) is 49.1 Å². The van der Waals surface area contributed by atoms with E-state index in [1.54, 1.807) is 18.5 Å². The molecule has 0 saturated heterocycles. The zero-order valence-corrected chi connectivity index (χ0v) is 13.8. The van der Waals surface area contributed by atoms with E-state index in [9.17, 15) is 4.79 Å². The predicted molar refractivity (Wildman–Crippen MR) is 97.7 cm³/mol. The van der Waals surface area contributed by atoms with Gasteiger partial charge in [0.05, 0.1) is 17.6 Å². The molecule has 1 fully saturated rings. The molecule has 4 rings (SSSR count). The van der Waals surface area contributed by atoms with Crippen molar-refractivity contribution in [1.29, 1.82) is 0 Å². The average Bonchev–Trinajstić information content (AvgIpc) is 3.42. The number of aromatic nitrogens is 3. The lowest BCUT2D eigenvalue weighted by Crippen LogP contribution is -2.14. The number of rotatable bonds is 3. The van der Waals surface area contributed by atoms with Crippen LogP contribution in [0.25, 0.3) is 22.0 Å². The summed E-state index contributed by atoms with van der Waals surface area (Å²) in [6.45, 7) is 1.94. The van der Waals surface area contributed by atoms with Crippen LogP contribution in [-0.2, 0) is 4.79 Å². The Morgan fingerprint density at radius 1 is 1.12 bits per heavy atom. The summed E-state index contributed by atoms with van der Waals surface area (Å²) in [7, 11) is 0. The van der Waals surface area contributed by atoms with Crippen molar-refractivity contribution in [2.45, 2.75) is 19.8 Å². The van der Waals surface area contributed by atoms with Crippen LogP contribution in [0.5, 0.6) is 0 Å². The highest BCUT2D eigenvalue weighted by atomic mass is 16.2. The summed E-state index contributed by atoms with van der Waals surface area (Å²) in [5.41, 5.74) is 16.6. The number of hydrogen-bond acceptors (Lipinski definition) is 6. The second-order valence-electron chi connectivity index (χ2n) is 6.40. The quantitative estimate of drug-likeness (QED) is 0.633. The number of nitrogen functional groups attached to an aromatic ring is 2. The van der Waals surface area contributed by atoms with Gasteiger partial charge in [0.1, 0.15) is 5.52 Å². The molecule has 2 aromatic heterocycles. The van der Waals surface area contributed by atoms with Crippen LogP contribution < -0.4 is 16.8 Å². The first-order chi connectivity index (χ1) is 12.0. The van der Waals surface area contributed by atoms with Gasteiger partial charge in [-0.2, -0.15) is 0 Å². The molecule has 25 heavy (non-hydrogen) atoms. The number of nitrogens with one attached hydrogen (secondary N) is 1. The molecule has 2 heterocycles. The third-order valence-corrected chi connectivity index (χ3v) is 4.48. The monoisotopic (exact) mass is 334 g/mol. The van der Waals surface area contributed by atoms with Crippen LogP contribution in [0.15, 0.2) is 30.6 Å². The van der Waals surface area contributed by atoms with Crippen LogP contribution in [0.4, 0.5) is 17.2 Å². The molecule has 1 aliphatic carbocycles. The Labute approximate surface area is 144 Å². The first-order valence-corrected chi connectivity index (χ1v) is 8.11. The Morgan fingerprint density at radius 3 is 2.68 bits per heavy atom. The van der Waals surface area contributed by atoms with Gasteiger partial charge in [0.25, 0.3) is 0 Å². The van der Waals surface area contributed by atoms with Gasteiger partial charge in [-0.25, -0.2) is 0 Å². The largest absolute Gasteiger partial charge is 0.397 e. The number of nitrogens with two attached hydrogens (primary N) is 2. The Kier molecular flexibility index (Phi) is 3.49. The van der Waals surface area contributed by atoms with E-state index in [0.29, 0.717) is 22.7 Å². The van der Waals surface area contributed by atoms with Crippen molar-refractivity contribution in [2.24, 2.45) is 5.92 Å². The lowest BCUT2D eigenvalue weighted by molar-refractivity contribution is -0.117. The fraction of sp³-hybridized carbons (Fsp3) is 0.222. The molecule has 0 bridgehead atoms. The predicted octanol–water partition coefficient (Wildman–Crippen LogP) is 2.51. The van der Waals surface area contributed by atoms with E-state index in [-0.39, 0.29) is 11.8 Å². The molecule has 0 radical (unpaired) electrons. The van der Waals surface area contributed by atoms with Crippen LogP contribution in [0.3, 0.4) is 0 Å². The molecule has 0 unspecified atom stereocenters. The molecule has 1 aliphatic rings. The smallest absolute Gasteiger partial charge is 0.228 e. The van der Waals surface area contributed by atoms with Crippen molar-refractivity contribution in [3.05, 3.63) is 36.2 Å². The molecule has 1 amide bonds. The van der Waals surface area contributed by atoms with Crippen LogP contribution in [0.2, 0.25) is 0 Å². The summed E-state index contributed by atoms with van der Waals surface area (Å²) in [4.78, 5) is 16.1. The van der Waals surface area contributed by atoms with Crippen LogP contribution in [0.1, 0.15) is 18.4 Å². The Bertz CT molecular complexity index is 996. The second-order valence-corrected chi connectivity index (χ2v) is 6.40. The van der Waals surface area contributed by atoms with E-state index in [1.165, 1.54) is 0 Å². The Morgan fingerprint density at radius 2 is 1.92 bits per heavy atom. The van der Waals surface area contributed by atoms with E-state index in [0.717, 1.165) is 34.9 Å². The number of fused-ring (bicyclic) bond motifs is 1. The van der Waals surface area contributed by atoms with E-state index in [2.05, 4.69) is 20.5 Å². The van der Waals surface area contributed by atoms with Crippen LogP contribution in [0, 0.1) is 12.8 Å². The van der Waals surface area contributed by atoms with Crippen LogP contribution >= 0.6 is 0 Å². The van der Waals surface area contributed by atoms with Crippen molar-refractivity contribution < 1.29 is 4.79 Å². The molecule has 0 aliphatic heterocycles. The molecule has 126 valence electrons. The van der Waals surface area contributed by atoms with Gasteiger partial charge < -0.3 is 16.8 Å². The summed E-state index contributed by atoms with van der Waals surface area (Å²) < 4.78 is 0. The van der Waals surface area contributed by atoms with Crippen molar-refractivity contribution in [1.82, 2.24) is 15.2 Å². The lowest BCUT2D eigenvalue weighted by atomic mass is 9.99. The van der Waals surface area contributed by atoms with Crippen molar-refractivity contribution >= 4 is 34.0 Å². The molecule has 7 heteroatoms. The number of carbonyl (C=O) groups excluding carboxylic acids is 1. The summed E-state index contributed by atoms with van der Waals surface area (Å²) in [6, 6.07) is 5.58. The van der Waals surface area contributed by atoms with Gasteiger partial charge >= 0.3 is 0 Å². The Balaban J connectivity index is 1.78. The molecular formula is C18H18N6O. The molecule has 3 aromatic rings. The third-order valence-electron chi connectivity index (χ3n) is 4.48. The van der Waals surface area contributed by atoms with Crippen molar-refractivity contribution in [2.75, 3.05) is 16.8 Å². The minimum atomic E-state index is -0.00588. The fourth-order valence-corrected chi connectivity index (χ4v) is 2.81. The van der Waals surface area contributed by atoms with E-state index < -0.39 is 0 Å². The minimum absolute atomic E-state index is 0.00588. The Hall–Kier alpha value is -3.22. The fourth-order valence-electron chi connectivity index (χ4n) is 2.81. The molecule has 1 aromatic carbocycles. The van der Waals surface area contributed by atoms with Gasteiger partial charge in [-0.15, -0.1) is 10.2 Å². The summed E-state index contributed by atoms with van der Waals surface area (Å²) >= 11 is 0. The number of nitrogens with zero attached hydrogens (tertiary/aromatic N) is 3. The zero-order valence-electron chi connectivity index (χ0n) is 13.8. The van der Waals surface area contributed by atoms with Gasteiger partial charge in [0.15, 0.2) is 5.82 Å². The summed E-state index contributed by atoms with van der Waals surface area (Å²) in [6.07, 6.45) is 5.26. The molecule has 0 atom stereocenters. The first kappa shape index (κ1) is 15.3. The van der Waals surface area contributed by atoms with E-state index in [4.69, 9.17) is 11.5 Å². The number of pyridine rings is 1. The minimum Gasteiger partial charge on any atom is -0.397 e. The normalized spacial score (nSPS) is 13.8. The maximum atomic E-state index is 11.9. The van der Waals surface area contributed by atoms with Gasteiger partial charge in [0.2, 0.25) is 5.91 Å². The van der Waals surface area contributed by atoms with Gasteiger partial charge in [-0.1, -0.05) is 0 Å². The van der Waals surface area contributed by atoms with Crippen molar-refractivity contribution in [3.8, 4) is 11.1 Å². The molecule has 7 nitrogen and oxygen atoms in total. The SMILES string of the molecule is Cc1c(N)cncc1-c1cc(N)c2nnc(NC(=O)C3CC3)cc2c1. The van der Waals surface area contributed by atoms with Crippen molar-refractivity contribution in [3.63, 3.8) is 0 Å². The van der Waals surface area contributed by atoms with Gasteiger partial charge in [-0.3, -0.25) is 9.78 Å². The van der Waals surface area contributed by atoms with E-state index in [1.807, 2.05) is 19.1 Å². The van der Waals surface area contributed by atoms with Crippen LogP contribution in [-0.4, -0.2) is 21.1 Å². The highest BCUT2D eigenvalue weighted by molar-refractivity contribution is 5.98. The lowest BCUT2D eigenvalue weighted by Gasteiger charge is -2.11. The number of hydrogen-bond donors (Lipinski definition) is 3. The first-order valence-electron chi connectivity index (χ1n) is 8.11. The highest BCUT2D eigenvalue weighted by Crippen LogP contribution is 2.33. The maximum absolute atomic E-state index is 11.9. The molecule has 0 spiro atoms. The number of benzene rings is 1. The molecule has 1 saturated carbocycles. The number of amides is 1. The highest BCUT2D eigenvalue weighted by Gasteiger charge is 2.29. The maximum Gasteiger partial charge on any atom is 0.228 e. The average molecular weight is 334 g/mol. The topological polar surface area (TPSA) is 120 Å². The third kappa shape index (κ3) is 2.84. The van der Waals surface area contributed by atoms with Gasteiger partial charge in [0, 0.05) is 23.1 Å². The molecular weight excluding hydrogens is 316 g/mol.